The first-order valence-corrected chi connectivity index (χ1v) is 11.8. The van der Waals surface area contributed by atoms with Gasteiger partial charge in [0.25, 0.3) is 5.91 Å². The summed E-state index contributed by atoms with van der Waals surface area (Å²) in [5.74, 6) is 0.223. The molecule has 34 heavy (non-hydrogen) atoms. The second-order valence-electron chi connectivity index (χ2n) is 7.53. The number of rotatable bonds is 7. The highest BCUT2D eigenvalue weighted by molar-refractivity contribution is 9.10. The van der Waals surface area contributed by atoms with Crippen LogP contribution < -0.4 is 9.64 Å². The third-order valence-corrected chi connectivity index (χ3v) is 5.89. The average molecular weight is 518 g/mol. The molecule has 4 rings (SSSR count). The minimum Gasteiger partial charge on any atom is -0.493 e. The fraction of sp³-hybridized carbons (Fsp3) is 0.143. The number of amides is 1. The molecule has 0 aliphatic carbocycles. The van der Waals surface area contributed by atoms with E-state index in [-0.39, 0.29) is 11.9 Å². The van der Waals surface area contributed by atoms with Gasteiger partial charge in [0.15, 0.2) is 0 Å². The maximum atomic E-state index is 13.5. The van der Waals surface area contributed by atoms with Crippen molar-refractivity contribution in [2.24, 2.45) is 0 Å². The van der Waals surface area contributed by atoms with E-state index < -0.39 is 0 Å². The fourth-order valence-corrected chi connectivity index (χ4v) is 4.22. The summed E-state index contributed by atoms with van der Waals surface area (Å²) in [5, 5.41) is 0. The van der Waals surface area contributed by atoms with Gasteiger partial charge in [-0.2, -0.15) is 0 Å². The van der Waals surface area contributed by atoms with Gasteiger partial charge in [-0.1, -0.05) is 36.4 Å². The van der Waals surface area contributed by atoms with Crippen LogP contribution in [0.3, 0.4) is 0 Å². The molecule has 1 heterocycles. The lowest BCUT2D eigenvalue weighted by atomic mass is 10.1. The zero-order valence-corrected chi connectivity index (χ0v) is 20.5. The highest BCUT2D eigenvalue weighted by Crippen LogP contribution is 2.36. The zero-order chi connectivity index (χ0) is 24.1. The van der Waals surface area contributed by atoms with Crippen LogP contribution in [0.2, 0.25) is 0 Å². The Kier molecular flexibility index (Phi) is 7.28. The van der Waals surface area contributed by atoms with Crippen LogP contribution in [-0.2, 0) is 9.53 Å². The molecule has 5 nitrogen and oxygen atoms in total. The Balaban J connectivity index is 1.72. The van der Waals surface area contributed by atoms with Crippen LogP contribution in [0.25, 0.3) is 11.8 Å². The van der Waals surface area contributed by atoms with E-state index in [4.69, 9.17) is 9.47 Å². The Morgan fingerprint density at radius 2 is 1.71 bits per heavy atom. The summed E-state index contributed by atoms with van der Waals surface area (Å²) in [5.41, 5.74) is 4.24. The molecule has 0 unspecified atom stereocenters. The van der Waals surface area contributed by atoms with Crippen molar-refractivity contribution in [2.45, 2.75) is 13.8 Å². The summed E-state index contributed by atoms with van der Waals surface area (Å²) in [7, 11) is 0. The topological polar surface area (TPSA) is 55.8 Å². The third kappa shape index (κ3) is 4.97. The number of carbonyl (C=O) groups excluding carboxylic acids is 2. The predicted octanol–water partition coefficient (Wildman–Crippen LogP) is 6.50. The van der Waals surface area contributed by atoms with Gasteiger partial charge in [0.2, 0.25) is 0 Å². The minimum absolute atomic E-state index is 0.146. The Morgan fingerprint density at radius 3 is 2.35 bits per heavy atom. The molecule has 0 saturated heterocycles. The van der Waals surface area contributed by atoms with Crippen LogP contribution >= 0.6 is 15.9 Å². The molecule has 3 aromatic carbocycles. The number of anilines is 1. The normalized spacial score (nSPS) is 14.3. The number of esters is 1. The van der Waals surface area contributed by atoms with E-state index in [0.717, 1.165) is 27.0 Å². The van der Waals surface area contributed by atoms with Gasteiger partial charge in [0, 0.05) is 11.3 Å². The number of ether oxygens (including phenoxy) is 2. The van der Waals surface area contributed by atoms with E-state index in [0.29, 0.717) is 30.0 Å². The average Bonchev–Trinajstić information content (AvgIpc) is 3.17. The van der Waals surface area contributed by atoms with Crippen molar-refractivity contribution in [1.82, 2.24) is 0 Å². The molecule has 0 radical (unpaired) electrons. The van der Waals surface area contributed by atoms with Gasteiger partial charge >= 0.3 is 5.97 Å². The van der Waals surface area contributed by atoms with Crippen molar-refractivity contribution >= 4 is 45.3 Å². The molecular formula is C28H24BrNO4. The molecule has 0 bridgehead atoms. The van der Waals surface area contributed by atoms with Crippen LogP contribution in [0, 0.1) is 0 Å². The van der Waals surface area contributed by atoms with Gasteiger partial charge in [-0.15, -0.1) is 0 Å². The molecule has 0 fully saturated rings. The van der Waals surface area contributed by atoms with Crippen molar-refractivity contribution < 1.29 is 19.1 Å². The smallest absolute Gasteiger partial charge is 0.338 e. The summed E-state index contributed by atoms with van der Waals surface area (Å²) in [6, 6.07) is 22.4. The minimum atomic E-state index is -0.387. The molecule has 172 valence electrons. The standard InChI is InChI=1S/C28H24BrNO4/c1-3-33-26-15-10-19(17-24(26)29)16-22-18-25(20-8-6-5-7-9-20)30(27(22)31)23-13-11-21(12-14-23)28(32)34-4-2/h5-18H,3-4H2,1-2H3/b22-16+. The second kappa shape index (κ2) is 10.5. The lowest BCUT2D eigenvalue weighted by molar-refractivity contribution is -0.113. The first-order chi connectivity index (χ1) is 16.5. The van der Waals surface area contributed by atoms with Crippen molar-refractivity contribution in [2.75, 3.05) is 18.1 Å². The monoisotopic (exact) mass is 517 g/mol. The summed E-state index contributed by atoms with van der Waals surface area (Å²) in [6.45, 7) is 4.58. The SMILES string of the molecule is CCOC(=O)c1ccc(N2C(=O)/C(=C/c3ccc(OCC)c(Br)c3)C=C2c2ccccc2)cc1. The molecule has 0 atom stereocenters. The van der Waals surface area contributed by atoms with Crippen molar-refractivity contribution in [3.8, 4) is 5.75 Å². The molecule has 0 spiro atoms. The molecular weight excluding hydrogens is 494 g/mol. The van der Waals surface area contributed by atoms with E-state index in [2.05, 4.69) is 15.9 Å². The summed E-state index contributed by atoms with van der Waals surface area (Å²) in [4.78, 5) is 27.3. The number of nitrogens with zero attached hydrogens (tertiary/aromatic N) is 1. The lowest BCUT2D eigenvalue weighted by Gasteiger charge is -2.21. The molecule has 3 aromatic rings. The van der Waals surface area contributed by atoms with Gasteiger partial charge in [-0.3, -0.25) is 9.69 Å². The second-order valence-corrected chi connectivity index (χ2v) is 8.38. The fourth-order valence-electron chi connectivity index (χ4n) is 3.71. The third-order valence-electron chi connectivity index (χ3n) is 5.27. The number of hydrogen-bond acceptors (Lipinski definition) is 4. The van der Waals surface area contributed by atoms with Gasteiger partial charge in [0.05, 0.1) is 28.9 Å². The quantitative estimate of drug-likeness (QED) is 0.265. The molecule has 0 aromatic heterocycles. The summed E-state index contributed by atoms with van der Waals surface area (Å²) < 4.78 is 11.5. The Labute approximate surface area is 207 Å². The van der Waals surface area contributed by atoms with Crippen LogP contribution in [0.15, 0.2) is 88.9 Å². The molecule has 0 saturated carbocycles. The zero-order valence-electron chi connectivity index (χ0n) is 19.0. The van der Waals surface area contributed by atoms with E-state index in [1.165, 1.54) is 0 Å². The first kappa shape index (κ1) is 23.5. The molecule has 1 amide bonds. The number of halogens is 1. The predicted molar refractivity (Wildman–Crippen MR) is 138 cm³/mol. The Bertz CT molecular complexity index is 1260. The number of hydrogen-bond donors (Lipinski definition) is 0. The number of carbonyl (C=O) groups is 2. The van der Waals surface area contributed by atoms with E-state index >= 15 is 0 Å². The van der Waals surface area contributed by atoms with Crippen molar-refractivity contribution in [3.05, 3.63) is 106 Å². The molecule has 1 aliphatic heterocycles. The van der Waals surface area contributed by atoms with Crippen LogP contribution in [0.4, 0.5) is 5.69 Å². The van der Waals surface area contributed by atoms with Gasteiger partial charge in [-0.05, 0) is 89.5 Å². The van der Waals surface area contributed by atoms with Gasteiger partial charge in [-0.25, -0.2) is 4.79 Å². The van der Waals surface area contributed by atoms with Crippen LogP contribution in [-0.4, -0.2) is 25.1 Å². The largest absolute Gasteiger partial charge is 0.493 e. The van der Waals surface area contributed by atoms with Gasteiger partial charge in [0.1, 0.15) is 5.75 Å². The molecule has 0 N–H and O–H groups in total. The van der Waals surface area contributed by atoms with Crippen molar-refractivity contribution in [3.63, 3.8) is 0 Å². The highest BCUT2D eigenvalue weighted by Gasteiger charge is 2.30. The highest BCUT2D eigenvalue weighted by atomic mass is 79.9. The maximum absolute atomic E-state index is 13.5. The Morgan fingerprint density at radius 1 is 0.971 bits per heavy atom. The van der Waals surface area contributed by atoms with Crippen molar-refractivity contribution in [1.29, 1.82) is 0 Å². The van der Waals surface area contributed by atoms with Crippen LogP contribution in [0.5, 0.6) is 5.75 Å². The van der Waals surface area contributed by atoms with E-state index in [1.54, 1.807) is 36.1 Å². The van der Waals surface area contributed by atoms with E-state index in [9.17, 15) is 9.59 Å². The van der Waals surface area contributed by atoms with E-state index in [1.807, 2.05) is 67.6 Å². The summed E-state index contributed by atoms with van der Waals surface area (Å²) in [6.07, 6.45) is 3.75. The lowest BCUT2D eigenvalue weighted by Crippen LogP contribution is -2.25. The first-order valence-electron chi connectivity index (χ1n) is 11.0. The maximum Gasteiger partial charge on any atom is 0.338 e. The summed E-state index contributed by atoms with van der Waals surface area (Å²) >= 11 is 3.54. The van der Waals surface area contributed by atoms with Crippen LogP contribution in [0.1, 0.15) is 35.3 Å². The number of benzene rings is 3. The molecule has 6 heteroatoms. The Hall–Kier alpha value is -3.64. The van der Waals surface area contributed by atoms with Gasteiger partial charge < -0.3 is 9.47 Å². The molecule has 1 aliphatic rings.